The largest absolute Gasteiger partial charge is 0.481 e. The van der Waals surface area contributed by atoms with Crippen LogP contribution in [0.2, 0.25) is 5.02 Å². The van der Waals surface area contributed by atoms with E-state index in [1.807, 2.05) is 27.7 Å². The van der Waals surface area contributed by atoms with Crippen LogP contribution in [0.4, 0.5) is 5.69 Å². The van der Waals surface area contributed by atoms with E-state index in [0.29, 0.717) is 22.0 Å². The molecule has 0 radical (unpaired) electrons. The van der Waals surface area contributed by atoms with Crippen molar-refractivity contribution < 1.29 is 14.3 Å². The molecular weight excluding hydrogens is 376 g/mol. The van der Waals surface area contributed by atoms with Crippen LogP contribution in [0, 0.1) is 13.8 Å². The Balaban J connectivity index is 2.11. The molecule has 2 N–H and O–H groups in total. The zero-order chi connectivity index (χ0) is 20.8. The first kappa shape index (κ1) is 21.8. The van der Waals surface area contributed by atoms with Crippen molar-refractivity contribution in [2.45, 2.75) is 53.2 Å². The van der Waals surface area contributed by atoms with Gasteiger partial charge in [0, 0.05) is 11.1 Å². The van der Waals surface area contributed by atoms with Gasteiger partial charge in [0.1, 0.15) is 5.75 Å². The Morgan fingerprint density at radius 1 is 1.11 bits per heavy atom. The highest BCUT2D eigenvalue weighted by atomic mass is 35.5. The number of carbonyl (C=O) groups excluding carboxylic acids is 2. The minimum atomic E-state index is -0.745. The second-order valence-corrected chi connectivity index (χ2v) is 7.33. The van der Waals surface area contributed by atoms with Crippen molar-refractivity contribution in [1.82, 2.24) is 5.32 Å². The number of anilines is 1. The number of aryl methyl sites for hydroxylation is 2. The maximum absolute atomic E-state index is 12.6. The van der Waals surface area contributed by atoms with Gasteiger partial charge in [0.2, 0.25) is 0 Å². The lowest BCUT2D eigenvalue weighted by atomic mass is 10.1. The fraction of sp³-hybridized carbons (Fsp3) is 0.364. The van der Waals surface area contributed by atoms with E-state index in [0.717, 1.165) is 17.5 Å². The van der Waals surface area contributed by atoms with E-state index < -0.39 is 6.10 Å². The Hall–Kier alpha value is -2.53. The van der Waals surface area contributed by atoms with Gasteiger partial charge in [-0.3, -0.25) is 9.59 Å². The number of para-hydroxylation sites is 1. The molecule has 0 aliphatic carbocycles. The van der Waals surface area contributed by atoms with Crippen LogP contribution in [0.3, 0.4) is 0 Å². The summed E-state index contributed by atoms with van der Waals surface area (Å²) in [6.45, 7) is 9.37. The Kier molecular flexibility index (Phi) is 7.46. The average molecular weight is 403 g/mol. The first-order valence-corrected chi connectivity index (χ1v) is 9.74. The van der Waals surface area contributed by atoms with Crippen LogP contribution in [0.1, 0.15) is 48.7 Å². The van der Waals surface area contributed by atoms with Crippen molar-refractivity contribution in [1.29, 1.82) is 0 Å². The Labute approximate surface area is 171 Å². The first-order chi connectivity index (χ1) is 13.2. The molecule has 2 aromatic rings. The average Bonchev–Trinajstić information content (AvgIpc) is 2.66. The van der Waals surface area contributed by atoms with Crippen LogP contribution in [-0.2, 0) is 4.79 Å². The molecule has 28 heavy (non-hydrogen) atoms. The normalized spacial score (nSPS) is 12.8. The predicted octanol–water partition coefficient (Wildman–Crippen LogP) is 4.89. The van der Waals surface area contributed by atoms with E-state index in [4.69, 9.17) is 16.3 Å². The van der Waals surface area contributed by atoms with Crippen molar-refractivity contribution in [2.75, 3.05) is 5.32 Å². The zero-order valence-electron chi connectivity index (χ0n) is 16.9. The van der Waals surface area contributed by atoms with Crippen molar-refractivity contribution in [3.8, 4) is 5.75 Å². The Bertz CT molecular complexity index is 844. The number of amides is 2. The third-order valence-corrected chi connectivity index (χ3v) is 5.11. The van der Waals surface area contributed by atoms with E-state index in [-0.39, 0.29) is 17.9 Å². The van der Waals surface area contributed by atoms with Crippen molar-refractivity contribution >= 4 is 29.1 Å². The third-order valence-electron chi connectivity index (χ3n) is 4.51. The van der Waals surface area contributed by atoms with E-state index >= 15 is 0 Å². The minimum Gasteiger partial charge on any atom is -0.481 e. The molecule has 6 heteroatoms. The highest BCUT2D eigenvalue weighted by Crippen LogP contribution is 2.26. The molecule has 0 spiro atoms. The Morgan fingerprint density at radius 3 is 2.32 bits per heavy atom. The molecule has 2 aromatic carbocycles. The lowest BCUT2D eigenvalue weighted by molar-refractivity contribution is -0.122. The predicted molar refractivity (Wildman–Crippen MR) is 113 cm³/mol. The molecule has 0 unspecified atom stereocenters. The van der Waals surface area contributed by atoms with Crippen LogP contribution in [0.5, 0.6) is 5.75 Å². The summed E-state index contributed by atoms with van der Waals surface area (Å²) in [5, 5.41) is 6.39. The van der Waals surface area contributed by atoms with Crippen molar-refractivity contribution in [3.05, 3.63) is 58.1 Å². The number of hydrogen-bond acceptors (Lipinski definition) is 3. The fourth-order valence-electron chi connectivity index (χ4n) is 2.66. The molecule has 0 saturated carbocycles. The van der Waals surface area contributed by atoms with Gasteiger partial charge in [0.05, 0.1) is 11.3 Å². The standard InChI is InChI=1S/C22H27ClN2O3/c1-6-15(4)24-22(27)18-9-7-8-10-19(18)25-21(26)16(5)28-17-11-13(2)20(23)14(3)12-17/h7-12,15-16H,6H2,1-5H3,(H,24,27)(H,25,26)/t15-,16-/m0/s1. The van der Waals surface area contributed by atoms with Gasteiger partial charge in [-0.05, 0) is 69.5 Å². The molecule has 2 rings (SSSR count). The highest BCUT2D eigenvalue weighted by molar-refractivity contribution is 6.32. The van der Waals surface area contributed by atoms with Gasteiger partial charge in [0.25, 0.3) is 11.8 Å². The lowest BCUT2D eigenvalue weighted by Crippen LogP contribution is -2.34. The number of ether oxygens (including phenoxy) is 1. The molecule has 0 bridgehead atoms. The molecule has 2 amide bonds. The lowest BCUT2D eigenvalue weighted by Gasteiger charge is -2.18. The molecule has 0 saturated heterocycles. The molecule has 5 nitrogen and oxygen atoms in total. The summed E-state index contributed by atoms with van der Waals surface area (Å²) in [5.74, 6) is 0.0154. The van der Waals surface area contributed by atoms with Crippen LogP contribution < -0.4 is 15.4 Å². The Morgan fingerprint density at radius 2 is 1.71 bits per heavy atom. The molecule has 150 valence electrons. The molecule has 0 aliphatic rings. The van der Waals surface area contributed by atoms with Gasteiger partial charge < -0.3 is 15.4 Å². The number of benzene rings is 2. The van der Waals surface area contributed by atoms with Crippen LogP contribution in [0.15, 0.2) is 36.4 Å². The maximum atomic E-state index is 12.6. The van der Waals surface area contributed by atoms with Crippen LogP contribution in [0.25, 0.3) is 0 Å². The number of carbonyl (C=O) groups is 2. The molecule has 0 aromatic heterocycles. The summed E-state index contributed by atoms with van der Waals surface area (Å²) in [6.07, 6.45) is 0.0797. The highest BCUT2D eigenvalue weighted by Gasteiger charge is 2.19. The SMILES string of the molecule is CC[C@H](C)NC(=O)c1ccccc1NC(=O)[C@H](C)Oc1cc(C)c(Cl)c(C)c1. The van der Waals surface area contributed by atoms with Crippen molar-refractivity contribution in [2.24, 2.45) is 0 Å². The fourth-order valence-corrected chi connectivity index (χ4v) is 2.77. The van der Waals surface area contributed by atoms with Gasteiger partial charge >= 0.3 is 0 Å². The molecule has 0 heterocycles. The summed E-state index contributed by atoms with van der Waals surface area (Å²) >= 11 is 6.18. The van der Waals surface area contributed by atoms with E-state index in [1.54, 1.807) is 43.3 Å². The second-order valence-electron chi connectivity index (χ2n) is 6.95. The minimum absolute atomic E-state index is 0.0508. The van der Waals surface area contributed by atoms with E-state index in [9.17, 15) is 9.59 Å². The summed E-state index contributed by atoms with van der Waals surface area (Å²) in [7, 11) is 0. The van der Waals surface area contributed by atoms with Crippen LogP contribution in [-0.4, -0.2) is 24.0 Å². The summed E-state index contributed by atoms with van der Waals surface area (Å²) in [4.78, 5) is 25.1. The summed E-state index contributed by atoms with van der Waals surface area (Å²) < 4.78 is 5.78. The van der Waals surface area contributed by atoms with Gasteiger partial charge in [-0.1, -0.05) is 30.7 Å². The monoisotopic (exact) mass is 402 g/mol. The van der Waals surface area contributed by atoms with Crippen LogP contribution >= 0.6 is 11.6 Å². The third kappa shape index (κ3) is 5.49. The molecule has 0 fully saturated rings. The maximum Gasteiger partial charge on any atom is 0.265 e. The van der Waals surface area contributed by atoms with E-state index in [2.05, 4.69) is 10.6 Å². The van der Waals surface area contributed by atoms with Gasteiger partial charge in [-0.25, -0.2) is 0 Å². The number of rotatable bonds is 7. The van der Waals surface area contributed by atoms with Crippen molar-refractivity contribution in [3.63, 3.8) is 0 Å². The second kappa shape index (κ2) is 9.60. The number of halogens is 1. The van der Waals surface area contributed by atoms with Gasteiger partial charge in [-0.15, -0.1) is 0 Å². The zero-order valence-corrected chi connectivity index (χ0v) is 17.7. The molecule has 0 aliphatic heterocycles. The molecule has 2 atom stereocenters. The summed E-state index contributed by atoms with van der Waals surface area (Å²) in [6, 6.07) is 10.6. The summed E-state index contributed by atoms with van der Waals surface area (Å²) in [5.41, 5.74) is 2.64. The number of nitrogens with one attached hydrogen (secondary N) is 2. The van der Waals surface area contributed by atoms with Gasteiger partial charge in [0.15, 0.2) is 6.10 Å². The smallest absolute Gasteiger partial charge is 0.265 e. The topological polar surface area (TPSA) is 67.4 Å². The molecular formula is C22H27ClN2O3. The first-order valence-electron chi connectivity index (χ1n) is 9.37. The quantitative estimate of drug-likeness (QED) is 0.692. The number of hydrogen-bond donors (Lipinski definition) is 2. The van der Waals surface area contributed by atoms with E-state index in [1.165, 1.54) is 0 Å². The van der Waals surface area contributed by atoms with Gasteiger partial charge in [-0.2, -0.15) is 0 Å².